The molecule has 12 nitrogen and oxygen atoms in total. The number of anilines is 4. The Morgan fingerprint density at radius 1 is 1.00 bits per heavy atom. The van der Waals surface area contributed by atoms with Crippen LogP contribution in [-0.4, -0.2) is 78.8 Å². The second-order valence-electron chi connectivity index (χ2n) is 12.6. The van der Waals surface area contributed by atoms with Crippen molar-refractivity contribution in [1.82, 2.24) is 9.80 Å². The summed E-state index contributed by atoms with van der Waals surface area (Å²) in [6, 6.07) is 25.5. The number of aliphatic hydroxyl groups is 1. The van der Waals surface area contributed by atoms with Gasteiger partial charge in [0.15, 0.2) is 0 Å². The summed E-state index contributed by atoms with van der Waals surface area (Å²) in [6.07, 6.45) is -0.307. The second-order valence-corrected chi connectivity index (χ2v) is 12.6. The summed E-state index contributed by atoms with van der Waals surface area (Å²) in [5, 5.41) is 18.4. The molecule has 6 N–H and O–H groups in total. The van der Waals surface area contributed by atoms with Crippen LogP contribution in [0.25, 0.3) is 0 Å². The van der Waals surface area contributed by atoms with Crippen LogP contribution in [0.1, 0.15) is 40.1 Å². The van der Waals surface area contributed by atoms with Crippen molar-refractivity contribution in [2.75, 3.05) is 55.5 Å². The molecule has 0 radical (unpaired) electrons. The fourth-order valence-electron chi connectivity index (χ4n) is 5.74. The van der Waals surface area contributed by atoms with E-state index in [1.807, 2.05) is 38.2 Å². The minimum absolute atomic E-state index is 0.0758. The highest BCUT2D eigenvalue weighted by Gasteiger charge is 2.33. The molecule has 0 aliphatic carbocycles. The third kappa shape index (κ3) is 8.90. The van der Waals surface area contributed by atoms with Crippen LogP contribution in [0.15, 0.2) is 91.0 Å². The maximum Gasteiger partial charge on any atom is 0.323 e. The molecule has 4 aromatic carbocycles. The number of fused-ring (bicyclic) bond motifs is 1. The minimum Gasteiger partial charge on any atom is -0.497 e. The molecule has 0 saturated heterocycles. The van der Waals surface area contributed by atoms with E-state index in [4.69, 9.17) is 15.2 Å². The van der Waals surface area contributed by atoms with E-state index in [0.717, 1.165) is 5.56 Å². The summed E-state index contributed by atoms with van der Waals surface area (Å²) in [4.78, 5) is 43.2. The van der Waals surface area contributed by atoms with Gasteiger partial charge < -0.3 is 41.2 Å². The Kier molecular flexibility index (Phi) is 11.6. The van der Waals surface area contributed by atoms with Gasteiger partial charge in [0.1, 0.15) is 17.6 Å². The van der Waals surface area contributed by atoms with Gasteiger partial charge in [-0.3, -0.25) is 14.5 Å². The molecule has 12 heteroatoms. The Morgan fingerprint density at radius 2 is 1.68 bits per heavy atom. The SMILES string of the molecule is COc1ccc(NC(=O)Nc2ccc3c(c2)C(=O)N([C@H](C)CO)C[C@H](C)[C@H](CN(C)Cc2ccc(C(=O)Nc4ccccc4N)cc2)O3)cc1. The summed E-state index contributed by atoms with van der Waals surface area (Å²) in [5.41, 5.74) is 9.83. The van der Waals surface area contributed by atoms with Crippen LogP contribution in [0.3, 0.4) is 0 Å². The highest BCUT2D eigenvalue weighted by atomic mass is 16.5. The third-order valence-electron chi connectivity index (χ3n) is 8.64. The Morgan fingerprint density at radius 3 is 2.36 bits per heavy atom. The Bertz CT molecular complexity index is 1800. The quantitative estimate of drug-likeness (QED) is 0.130. The first kappa shape index (κ1) is 35.7. The zero-order valence-corrected chi connectivity index (χ0v) is 28.7. The highest BCUT2D eigenvalue weighted by molar-refractivity contribution is 6.06. The van der Waals surface area contributed by atoms with E-state index in [-0.39, 0.29) is 30.4 Å². The molecule has 1 heterocycles. The van der Waals surface area contributed by atoms with Crippen molar-refractivity contribution in [2.24, 2.45) is 5.92 Å². The fourth-order valence-corrected chi connectivity index (χ4v) is 5.74. The number of aliphatic hydroxyl groups excluding tert-OH is 1. The molecule has 1 aliphatic heterocycles. The fraction of sp³-hybridized carbons (Fsp3) is 0.289. The van der Waals surface area contributed by atoms with Gasteiger partial charge in [0.25, 0.3) is 11.8 Å². The van der Waals surface area contributed by atoms with Gasteiger partial charge in [-0.05, 0) is 86.3 Å². The molecule has 4 amide bonds. The van der Waals surface area contributed by atoms with E-state index in [0.29, 0.717) is 65.0 Å². The van der Waals surface area contributed by atoms with Crippen LogP contribution in [0.2, 0.25) is 0 Å². The van der Waals surface area contributed by atoms with E-state index in [1.165, 1.54) is 0 Å². The average molecular weight is 681 g/mol. The van der Waals surface area contributed by atoms with Crippen molar-refractivity contribution in [3.8, 4) is 11.5 Å². The van der Waals surface area contributed by atoms with Crippen molar-refractivity contribution in [3.05, 3.63) is 108 Å². The van der Waals surface area contributed by atoms with E-state index in [1.54, 1.807) is 85.7 Å². The first-order chi connectivity index (χ1) is 24.0. The lowest BCUT2D eigenvalue weighted by molar-refractivity contribution is 0.0341. The number of rotatable bonds is 11. The molecule has 0 unspecified atom stereocenters. The predicted molar refractivity (Wildman–Crippen MR) is 195 cm³/mol. The summed E-state index contributed by atoms with van der Waals surface area (Å²) in [5.74, 6) is 0.449. The van der Waals surface area contributed by atoms with Gasteiger partial charge in [-0.2, -0.15) is 0 Å². The lowest BCUT2D eigenvalue weighted by Crippen LogP contribution is -2.49. The van der Waals surface area contributed by atoms with Gasteiger partial charge in [0, 0.05) is 42.5 Å². The van der Waals surface area contributed by atoms with E-state index >= 15 is 0 Å². The largest absolute Gasteiger partial charge is 0.497 e. The number of likely N-dealkylation sites (N-methyl/N-ethyl adjacent to an activating group) is 1. The lowest BCUT2D eigenvalue weighted by atomic mass is 9.99. The number of ether oxygens (including phenoxy) is 2. The third-order valence-corrected chi connectivity index (χ3v) is 8.64. The van der Waals surface area contributed by atoms with Crippen LogP contribution >= 0.6 is 0 Å². The lowest BCUT2D eigenvalue weighted by Gasteiger charge is -2.38. The minimum atomic E-state index is -0.474. The number of hydrogen-bond donors (Lipinski definition) is 5. The summed E-state index contributed by atoms with van der Waals surface area (Å²) < 4.78 is 11.7. The van der Waals surface area contributed by atoms with Gasteiger partial charge in [0.2, 0.25) is 0 Å². The number of para-hydroxylation sites is 2. The zero-order valence-electron chi connectivity index (χ0n) is 28.7. The standard InChI is InChI=1S/C38H44N6O6/c1-24-20-44(25(2)23-45)37(47)31-19-29(41-38(48)40-28-13-16-30(49-4)17-14-28)15-18-34(31)50-35(24)22-43(3)21-26-9-11-27(12-10-26)36(46)42-33-8-6-5-7-32(33)39/h5-19,24-25,35,45H,20-23,39H2,1-4H3,(H,42,46)(H2,40,41,48)/t24-,25+,35-/m0/s1. The summed E-state index contributed by atoms with van der Waals surface area (Å²) in [7, 11) is 3.56. The van der Waals surface area contributed by atoms with Gasteiger partial charge in [-0.1, -0.05) is 31.2 Å². The molecule has 0 saturated carbocycles. The van der Waals surface area contributed by atoms with Crippen molar-refractivity contribution in [3.63, 3.8) is 0 Å². The topological polar surface area (TPSA) is 158 Å². The Hall–Kier alpha value is -5.59. The first-order valence-electron chi connectivity index (χ1n) is 16.4. The monoisotopic (exact) mass is 680 g/mol. The first-order valence-corrected chi connectivity index (χ1v) is 16.4. The van der Waals surface area contributed by atoms with Crippen molar-refractivity contribution >= 4 is 40.6 Å². The molecule has 4 aromatic rings. The van der Waals surface area contributed by atoms with Gasteiger partial charge in [0.05, 0.1) is 36.7 Å². The van der Waals surface area contributed by atoms with Crippen LogP contribution in [-0.2, 0) is 6.54 Å². The van der Waals surface area contributed by atoms with Crippen molar-refractivity contribution < 1.29 is 29.0 Å². The molecule has 262 valence electrons. The van der Waals surface area contributed by atoms with Crippen LogP contribution < -0.4 is 31.2 Å². The molecule has 50 heavy (non-hydrogen) atoms. The number of nitrogens with two attached hydrogens (primary N) is 1. The smallest absolute Gasteiger partial charge is 0.323 e. The number of amides is 4. The summed E-state index contributed by atoms with van der Waals surface area (Å²) in [6.45, 7) is 5.12. The normalized spacial score (nSPS) is 16.4. The molecular formula is C38H44N6O6. The van der Waals surface area contributed by atoms with Crippen molar-refractivity contribution in [1.29, 1.82) is 0 Å². The van der Waals surface area contributed by atoms with Gasteiger partial charge in [-0.25, -0.2) is 4.79 Å². The van der Waals surface area contributed by atoms with Crippen molar-refractivity contribution in [2.45, 2.75) is 32.5 Å². The number of urea groups is 1. The van der Waals surface area contributed by atoms with Crippen LogP contribution in [0.4, 0.5) is 27.5 Å². The van der Waals surface area contributed by atoms with Gasteiger partial charge in [-0.15, -0.1) is 0 Å². The molecule has 5 rings (SSSR count). The van der Waals surface area contributed by atoms with Gasteiger partial charge >= 0.3 is 6.03 Å². The molecular weight excluding hydrogens is 636 g/mol. The second kappa shape index (κ2) is 16.2. The number of carbonyl (C=O) groups is 3. The Balaban J connectivity index is 1.27. The molecule has 0 bridgehead atoms. The molecule has 0 spiro atoms. The van der Waals surface area contributed by atoms with Crippen LogP contribution in [0, 0.1) is 5.92 Å². The molecule has 3 atom stereocenters. The Labute approximate surface area is 292 Å². The number of benzene rings is 4. The molecule has 0 fully saturated rings. The summed E-state index contributed by atoms with van der Waals surface area (Å²) >= 11 is 0. The maximum atomic E-state index is 13.8. The van der Waals surface area contributed by atoms with E-state index < -0.39 is 12.1 Å². The highest BCUT2D eigenvalue weighted by Crippen LogP contribution is 2.31. The number of carbonyl (C=O) groups excluding carboxylic acids is 3. The van der Waals surface area contributed by atoms with E-state index in [2.05, 4.69) is 20.9 Å². The van der Waals surface area contributed by atoms with Crippen LogP contribution in [0.5, 0.6) is 11.5 Å². The van der Waals surface area contributed by atoms with E-state index in [9.17, 15) is 19.5 Å². The average Bonchev–Trinajstić information content (AvgIpc) is 3.11. The maximum absolute atomic E-state index is 13.8. The molecule has 1 aliphatic rings. The number of nitrogens with one attached hydrogen (secondary N) is 3. The molecule has 0 aromatic heterocycles. The number of nitrogens with zero attached hydrogens (tertiary/aromatic N) is 2. The number of hydrogen-bond acceptors (Lipinski definition) is 8. The predicted octanol–water partition coefficient (Wildman–Crippen LogP) is 5.53. The number of nitrogen functional groups attached to an aromatic ring is 1. The zero-order chi connectivity index (χ0) is 35.8. The number of methoxy groups -OCH3 is 1.